The summed E-state index contributed by atoms with van der Waals surface area (Å²) >= 11 is 2.07. The molecule has 6 rings (SSSR count). The van der Waals surface area contributed by atoms with Crippen molar-refractivity contribution in [2.75, 3.05) is 16.8 Å². The average Bonchev–Trinajstić information content (AvgIpc) is 3.47. The number of hydrogen-bond donors (Lipinski definition) is 1. The van der Waals surface area contributed by atoms with Gasteiger partial charge in [0.25, 0.3) is 0 Å². The van der Waals surface area contributed by atoms with Crippen LogP contribution in [0.5, 0.6) is 0 Å². The third-order valence-electron chi connectivity index (χ3n) is 8.25. The number of imide groups is 1. The van der Waals surface area contributed by atoms with Gasteiger partial charge in [-0.3, -0.25) is 23.7 Å². The van der Waals surface area contributed by atoms with Gasteiger partial charge >= 0.3 is 10.8 Å². The standard InChI is InChI=1S/C35H32FN3O6S2/c1-5-45-33(43)20-8-14-23(15-9-20)37-25(40)18-38-32-29(47-34(38)44)26(19-6-10-21(11-7-19)35(2,3)4)27-28(46-32)31(42)39(30(27)41)24-16-12-22(36)13-17-24/h6-17,26-28H,5,18H2,1-4H3,(H,37,40)/t26-,27?,28?/m1/s1. The summed E-state index contributed by atoms with van der Waals surface area (Å²) in [6.45, 7) is 7.91. The molecule has 3 amide bonds. The summed E-state index contributed by atoms with van der Waals surface area (Å²) in [7, 11) is 0. The first-order chi connectivity index (χ1) is 22.4. The van der Waals surface area contributed by atoms with Crippen molar-refractivity contribution in [3.05, 3.63) is 110 Å². The predicted molar refractivity (Wildman–Crippen MR) is 179 cm³/mol. The molecule has 2 aliphatic rings. The Labute approximate surface area is 278 Å². The zero-order valence-corrected chi connectivity index (χ0v) is 27.7. The van der Waals surface area contributed by atoms with E-state index < -0.39 is 46.6 Å². The molecule has 0 radical (unpaired) electrons. The van der Waals surface area contributed by atoms with Crippen molar-refractivity contribution < 1.29 is 28.3 Å². The summed E-state index contributed by atoms with van der Waals surface area (Å²) < 4.78 is 20.1. The van der Waals surface area contributed by atoms with Crippen molar-refractivity contribution in [2.24, 2.45) is 5.92 Å². The molecular weight excluding hydrogens is 642 g/mol. The minimum Gasteiger partial charge on any atom is -0.462 e. The number of aromatic nitrogens is 1. The van der Waals surface area contributed by atoms with Gasteiger partial charge in [-0.1, -0.05) is 68.1 Å². The zero-order chi connectivity index (χ0) is 33.6. The van der Waals surface area contributed by atoms with Crippen LogP contribution in [0.15, 0.2) is 82.6 Å². The number of anilines is 2. The number of thiazole rings is 1. The largest absolute Gasteiger partial charge is 0.462 e. The highest BCUT2D eigenvalue weighted by Crippen LogP contribution is 2.54. The first-order valence-corrected chi connectivity index (χ1v) is 16.8. The number of fused-ring (bicyclic) bond motifs is 2. The number of thioether (sulfide) groups is 1. The summed E-state index contributed by atoms with van der Waals surface area (Å²) in [4.78, 5) is 67.9. The van der Waals surface area contributed by atoms with Gasteiger partial charge in [0, 0.05) is 16.5 Å². The first-order valence-electron chi connectivity index (χ1n) is 15.1. The molecule has 3 heterocycles. The van der Waals surface area contributed by atoms with E-state index in [-0.39, 0.29) is 29.1 Å². The van der Waals surface area contributed by atoms with Crippen molar-refractivity contribution in [2.45, 2.75) is 55.8 Å². The van der Waals surface area contributed by atoms with Gasteiger partial charge in [-0.05, 0) is 72.0 Å². The van der Waals surface area contributed by atoms with Crippen LogP contribution in [0.2, 0.25) is 0 Å². The van der Waals surface area contributed by atoms with E-state index in [1.165, 1.54) is 41.0 Å². The van der Waals surface area contributed by atoms with E-state index in [2.05, 4.69) is 26.1 Å². The van der Waals surface area contributed by atoms with Gasteiger partial charge < -0.3 is 10.1 Å². The molecule has 0 spiro atoms. The summed E-state index contributed by atoms with van der Waals surface area (Å²) in [5, 5.41) is 2.35. The molecule has 3 atom stereocenters. The highest BCUT2D eigenvalue weighted by molar-refractivity contribution is 8.00. The number of hydrogen-bond acceptors (Lipinski definition) is 8. The van der Waals surface area contributed by atoms with Gasteiger partial charge in [-0.25, -0.2) is 14.1 Å². The van der Waals surface area contributed by atoms with E-state index >= 15 is 0 Å². The smallest absolute Gasteiger partial charge is 0.338 e. The molecule has 3 aromatic carbocycles. The summed E-state index contributed by atoms with van der Waals surface area (Å²) in [5.74, 6) is -3.77. The van der Waals surface area contributed by atoms with E-state index in [9.17, 15) is 28.4 Å². The molecule has 1 N–H and O–H groups in total. The molecule has 0 bridgehead atoms. The van der Waals surface area contributed by atoms with Crippen molar-refractivity contribution in [1.29, 1.82) is 0 Å². The SMILES string of the molecule is CCOC(=O)c1ccc(NC(=O)Cn2c3c(sc2=O)[C@H](c2ccc(C(C)(C)C)cc2)C2C(=O)N(c4ccc(F)cc4)C(=O)C2S3)cc1. The number of nitrogens with zero attached hydrogens (tertiary/aromatic N) is 2. The van der Waals surface area contributed by atoms with Gasteiger partial charge in [0.05, 0.1) is 28.8 Å². The minimum absolute atomic E-state index is 0.117. The molecule has 0 saturated carbocycles. The second-order valence-corrected chi connectivity index (χ2v) is 14.5. The van der Waals surface area contributed by atoms with Gasteiger partial charge in [0.1, 0.15) is 17.6 Å². The zero-order valence-electron chi connectivity index (χ0n) is 26.1. The number of carbonyl (C=O) groups excluding carboxylic acids is 4. The maximum absolute atomic E-state index is 14.1. The third-order valence-corrected chi connectivity index (χ3v) is 10.9. The number of esters is 1. The Morgan fingerprint density at radius 2 is 1.57 bits per heavy atom. The Hall–Kier alpha value is -4.55. The lowest BCUT2D eigenvalue weighted by Crippen LogP contribution is -2.33. The van der Waals surface area contributed by atoms with Crippen LogP contribution in [-0.4, -0.2) is 40.1 Å². The molecule has 2 aliphatic heterocycles. The molecular formula is C35H32FN3O6S2. The number of halogens is 1. The second kappa shape index (κ2) is 12.6. The summed E-state index contributed by atoms with van der Waals surface area (Å²) in [6, 6.07) is 19.3. The molecule has 4 aromatic rings. The van der Waals surface area contributed by atoms with Crippen molar-refractivity contribution >= 4 is 58.2 Å². The monoisotopic (exact) mass is 673 g/mol. The average molecular weight is 674 g/mol. The van der Waals surface area contributed by atoms with Crippen LogP contribution in [0.25, 0.3) is 0 Å². The molecule has 1 saturated heterocycles. The fourth-order valence-corrected chi connectivity index (χ4v) is 8.67. The molecule has 9 nitrogen and oxygen atoms in total. The number of benzene rings is 3. The molecule has 2 unspecified atom stereocenters. The highest BCUT2D eigenvalue weighted by atomic mass is 32.2. The van der Waals surface area contributed by atoms with Gasteiger partial charge in [-0.15, -0.1) is 0 Å². The van der Waals surface area contributed by atoms with Crippen LogP contribution in [0.1, 0.15) is 60.0 Å². The van der Waals surface area contributed by atoms with E-state index in [0.29, 0.717) is 21.2 Å². The summed E-state index contributed by atoms with van der Waals surface area (Å²) in [6.07, 6.45) is 0. The lowest BCUT2D eigenvalue weighted by atomic mass is 9.81. The van der Waals surface area contributed by atoms with Gasteiger partial charge in [-0.2, -0.15) is 0 Å². The fourth-order valence-electron chi connectivity index (χ4n) is 5.90. The normalized spacial score (nSPS) is 18.9. The van der Waals surface area contributed by atoms with Gasteiger partial charge in [0.2, 0.25) is 17.7 Å². The number of rotatable bonds is 7. The highest BCUT2D eigenvalue weighted by Gasteiger charge is 2.56. The van der Waals surface area contributed by atoms with Crippen LogP contribution >= 0.6 is 23.1 Å². The molecule has 12 heteroatoms. The maximum atomic E-state index is 14.1. The lowest BCUT2D eigenvalue weighted by molar-refractivity contribution is -0.122. The quantitative estimate of drug-likeness (QED) is 0.190. The van der Waals surface area contributed by atoms with E-state index in [4.69, 9.17) is 4.74 Å². The minimum atomic E-state index is -0.869. The Kier molecular flexibility index (Phi) is 8.66. The van der Waals surface area contributed by atoms with Crippen molar-refractivity contribution in [3.63, 3.8) is 0 Å². The predicted octanol–water partition coefficient (Wildman–Crippen LogP) is 5.96. The van der Waals surface area contributed by atoms with E-state index in [0.717, 1.165) is 39.1 Å². The number of nitrogens with one attached hydrogen (secondary N) is 1. The Bertz CT molecular complexity index is 1930. The van der Waals surface area contributed by atoms with Crippen LogP contribution in [0.4, 0.5) is 15.8 Å². The van der Waals surface area contributed by atoms with Crippen LogP contribution in [0.3, 0.4) is 0 Å². The summed E-state index contributed by atoms with van der Waals surface area (Å²) in [5.41, 5.74) is 2.78. The first kappa shape index (κ1) is 32.4. The topological polar surface area (TPSA) is 115 Å². The molecule has 0 aliphatic carbocycles. The van der Waals surface area contributed by atoms with Gasteiger partial charge in [0.15, 0.2) is 0 Å². The Balaban J connectivity index is 1.35. The lowest BCUT2D eigenvalue weighted by Gasteiger charge is -2.31. The van der Waals surface area contributed by atoms with Crippen LogP contribution < -0.4 is 15.1 Å². The molecule has 1 aromatic heterocycles. The van der Waals surface area contributed by atoms with E-state index in [1.54, 1.807) is 19.1 Å². The third kappa shape index (κ3) is 6.15. The molecule has 242 valence electrons. The number of carbonyl (C=O) groups is 4. The van der Waals surface area contributed by atoms with Crippen LogP contribution in [-0.2, 0) is 31.1 Å². The second-order valence-electron chi connectivity index (χ2n) is 12.4. The fraction of sp³-hybridized carbons (Fsp3) is 0.286. The Morgan fingerprint density at radius 3 is 2.19 bits per heavy atom. The van der Waals surface area contributed by atoms with Crippen molar-refractivity contribution in [3.8, 4) is 0 Å². The Morgan fingerprint density at radius 1 is 0.915 bits per heavy atom. The molecule has 1 fully saturated rings. The number of ether oxygens (including phenoxy) is 1. The number of amides is 3. The van der Waals surface area contributed by atoms with E-state index in [1.807, 2.05) is 24.3 Å². The maximum Gasteiger partial charge on any atom is 0.338 e. The van der Waals surface area contributed by atoms with Crippen LogP contribution in [0, 0.1) is 11.7 Å². The van der Waals surface area contributed by atoms with Crippen molar-refractivity contribution in [1.82, 2.24) is 4.57 Å². The molecule has 47 heavy (non-hydrogen) atoms.